The summed E-state index contributed by atoms with van der Waals surface area (Å²) in [5, 5.41) is 9.34. The molecule has 2 rings (SSSR count). The predicted molar refractivity (Wildman–Crippen MR) is 69.9 cm³/mol. The molecule has 106 valence electrons. The molecule has 1 aliphatic carbocycles. The summed E-state index contributed by atoms with van der Waals surface area (Å²) < 4.78 is 40.6. The fourth-order valence-corrected chi connectivity index (χ4v) is 4.46. The second-order valence-electron chi connectivity index (χ2n) is 5.27. The Morgan fingerprint density at radius 3 is 2.21 bits per heavy atom. The molecule has 1 fully saturated rings. The van der Waals surface area contributed by atoms with Crippen molar-refractivity contribution < 1.29 is 17.9 Å². The van der Waals surface area contributed by atoms with E-state index in [-0.39, 0.29) is 11.5 Å². The van der Waals surface area contributed by atoms with Crippen LogP contribution in [0.4, 0.5) is 4.39 Å². The molecular formula is C13H18FNO3S. The van der Waals surface area contributed by atoms with Gasteiger partial charge in [0, 0.05) is 0 Å². The van der Waals surface area contributed by atoms with Crippen molar-refractivity contribution in [3.63, 3.8) is 0 Å². The fourth-order valence-electron chi connectivity index (χ4n) is 2.55. The van der Waals surface area contributed by atoms with Gasteiger partial charge in [0.15, 0.2) is 0 Å². The standard InChI is InChI=1S/C13H18FNO3S/c1-9-6-11(14)7-10(2)12(9)19(17,18)15-13(8-16)4-3-5-13/h6-7,15-16H,3-5,8H2,1-2H3. The molecule has 6 heteroatoms. The van der Waals surface area contributed by atoms with Crippen molar-refractivity contribution in [3.8, 4) is 0 Å². The number of aryl methyl sites for hydroxylation is 2. The van der Waals surface area contributed by atoms with Crippen molar-refractivity contribution in [1.82, 2.24) is 4.72 Å². The molecule has 19 heavy (non-hydrogen) atoms. The zero-order valence-electron chi connectivity index (χ0n) is 11.0. The van der Waals surface area contributed by atoms with Crippen LogP contribution in [0.25, 0.3) is 0 Å². The lowest BCUT2D eigenvalue weighted by Gasteiger charge is -2.40. The van der Waals surface area contributed by atoms with Crippen molar-refractivity contribution in [1.29, 1.82) is 0 Å². The molecule has 0 heterocycles. The van der Waals surface area contributed by atoms with Gasteiger partial charge in [0.1, 0.15) is 5.82 Å². The summed E-state index contributed by atoms with van der Waals surface area (Å²) in [5.41, 5.74) is 0.00126. The van der Waals surface area contributed by atoms with Gasteiger partial charge in [0.05, 0.1) is 17.0 Å². The molecule has 0 atom stereocenters. The Hall–Kier alpha value is -0.980. The van der Waals surface area contributed by atoms with Crippen molar-refractivity contribution >= 4 is 10.0 Å². The summed E-state index contributed by atoms with van der Waals surface area (Å²) >= 11 is 0. The average Bonchev–Trinajstić information content (AvgIpc) is 2.21. The minimum absolute atomic E-state index is 0.105. The van der Waals surface area contributed by atoms with Gasteiger partial charge in [-0.2, -0.15) is 0 Å². The minimum atomic E-state index is -3.75. The third kappa shape index (κ3) is 2.66. The Labute approximate surface area is 112 Å². The molecule has 1 aromatic carbocycles. The molecule has 1 aliphatic rings. The summed E-state index contributed by atoms with van der Waals surface area (Å²) in [4.78, 5) is 0.105. The Morgan fingerprint density at radius 1 is 1.32 bits per heavy atom. The summed E-state index contributed by atoms with van der Waals surface area (Å²) in [5.74, 6) is -0.450. The van der Waals surface area contributed by atoms with Crippen LogP contribution in [-0.2, 0) is 10.0 Å². The topological polar surface area (TPSA) is 66.4 Å². The number of benzene rings is 1. The van der Waals surface area contributed by atoms with E-state index in [1.807, 2.05) is 0 Å². The molecule has 2 N–H and O–H groups in total. The summed E-state index contributed by atoms with van der Waals surface area (Å²) in [7, 11) is -3.75. The van der Waals surface area contributed by atoms with E-state index in [1.165, 1.54) is 12.1 Å². The molecule has 4 nitrogen and oxygen atoms in total. The highest BCUT2D eigenvalue weighted by Gasteiger charge is 2.40. The van der Waals surface area contributed by atoms with Crippen LogP contribution in [0.5, 0.6) is 0 Å². The van der Waals surface area contributed by atoms with Crippen molar-refractivity contribution in [2.75, 3.05) is 6.61 Å². The molecule has 0 aliphatic heterocycles. The Morgan fingerprint density at radius 2 is 1.84 bits per heavy atom. The van der Waals surface area contributed by atoms with Gasteiger partial charge in [-0.15, -0.1) is 0 Å². The predicted octanol–water partition coefficient (Wildman–Crippen LogP) is 1.64. The number of hydrogen-bond donors (Lipinski definition) is 2. The van der Waals surface area contributed by atoms with Crippen LogP contribution in [0.3, 0.4) is 0 Å². The Balaban J connectivity index is 2.40. The van der Waals surface area contributed by atoms with Crippen LogP contribution in [0.1, 0.15) is 30.4 Å². The summed E-state index contributed by atoms with van der Waals surface area (Å²) in [6.45, 7) is 2.92. The first-order valence-corrected chi connectivity index (χ1v) is 7.70. The minimum Gasteiger partial charge on any atom is -0.394 e. The number of aliphatic hydroxyl groups is 1. The van der Waals surface area contributed by atoms with Gasteiger partial charge in [0.25, 0.3) is 0 Å². The quantitative estimate of drug-likeness (QED) is 0.884. The monoisotopic (exact) mass is 287 g/mol. The number of hydrogen-bond acceptors (Lipinski definition) is 3. The lowest BCUT2D eigenvalue weighted by Crippen LogP contribution is -2.56. The van der Waals surface area contributed by atoms with Crippen molar-refractivity contribution in [2.45, 2.75) is 43.5 Å². The zero-order valence-corrected chi connectivity index (χ0v) is 11.8. The highest BCUT2D eigenvalue weighted by atomic mass is 32.2. The molecule has 0 radical (unpaired) electrons. The molecule has 1 aromatic rings. The van der Waals surface area contributed by atoms with E-state index in [9.17, 15) is 17.9 Å². The molecule has 0 amide bonds. The van der Waals surface area contributed by atoms with Crippen LogP contribution in [0, 0.1) is 19.7 Å². The average molecular weight is 287 g/mol. The molecule has 1 saturated carbocycles. The van der Waals surface area contributed by atoms with Crippen LogP contribution in [0.15, 0.2) is 17.0 Å². The Bertz CT molecular complexity index is 565. The van der Waals surface area contributed by atoms with Crippen LogP contribution in [0.2, 0.25) is 0 Å². The second-order valence-corrected chi connectivity index (χ2v) is 6.89. The molecule has 0 spiro atoms. The highest BCUT2D eigenvalue weighted by Crippen LogP contribution is 2.33. The normalized spacial score (nSPS) is 18.1. The lowest BCUT2D eigenvalue weighted by atomic mass is 9.78. The maximum Gasteiger partial charge on any atom is 0.241 e. The van der Waals surface area contributed by atoms with E-state index < -0.39 is 21.4 Å². The van der Waals surface area contributed by atoms with E-state index in [1.54, 1.807) is 13.8 Å². The number of aliphatic hydroxyl groups excluding tert-OH is 1. The van der Waals surface area contributed by atoms with Gasteiger partial charge in [0.2, 0.25) is 10.0 Å². The first kappa shape index (κ1) is 14.4. The largest absolute Gasteiger partial charge is 0.394 e. The molecule has 0 aromatic heterocycles. The van der Waals surface area contributed by atoms with Gasteiger partial charge in [-0.3, -0.25) is 0 Å². The molecule has 0 bridgehead atoms. The highest BCUT2D eigenvalue weighted by molar-refractivity contribution is 7.89. The smallest absolute Gasteiger partial charge is 0.241 e. The first-order valence-electron chi connectivity index (χ1n) is 6.21. The third-order valence-corrected chi connectivity index (χ3v) is 5.54. The van der Waals surface area contributed by atoms with Crippen molar-refractivity contribution in [3.05, 3.63) is 29.1 Å². The van der Waals surface area contributed by atoms with Gasteiger partial charge >= 0.3 is 0 Å². The van der Waals surface area contributed by atoms with Crippen LogP contribution in [-0.4, -0.2) is 25.7 Å². The number of nitrogens with one attached hydrogen (secondary N) is 1. The maximum atomic E-state index is 13.2. The number of halogens is 1. The molecular weight excluding hydrogens is 269 g/mol. The molecule has 0 saturated heterocycles. The Kier molecular flexibility index (Phi) is 3.68. The summed E-state index contributed by atoms with van der Waals surface area (Å²) in [6, 6.07) is 2.40. The van der Waals surface area contributed by atoms with E-state index in [0.717, 1.165) is 6.42 Å². The maximum absolute atomic E-state index is 13.2. The molecule has 0 unspecified atom stereocenters. The number of sulfonamides is 1. The van der Waals surface area contributed by atoms with E-state index in [2.05, 4.69) is 4.72 Å². The van der Waals surface area contributed by atoms with E-state index in [0.29, 0.717) is 24.0 Å². The summed E-state index contributed by atoms with van der Waals surface area (Å²) in [6.07, 6.45) is 2.15. The van der Waals surface area contributed by atoms with Gasteiger partial charge in [-0.25, -0.2) is 17.5 Å². The van der Waals surface area contributed by atoms with Gasteiger partial charge < -0.3 is 5.11 Å². The lowest BCUT2D eigenvalue weighted by molar-refractivity contribution is 0.110. The SMILES string of the molecule is Cc1cc(F)cc(C)c1S(=O)(=O)NC1(CO)CCC1. The van der Waals surface area contributed by atoms with E-state index in [4.69, 9.17) is 0 Å². The van der Waals surface area contributed by atoms with Gasteiger partial charge in [-0.05, 0) is 56.4 Å². The zero-order chi connectivity index (χ0) is 14.3. The van der Waals surface area contributed by atoms with Crippen LogP contribution >= 0.6 is 0 Å². The first-order chi connectivity index (χ1) is 8.80. The van der Waals surface area contributed by atoms with Crippen LogP contribution < -0.4 is 4.72 Å². The van der Waals surface area contributed by atoms with Gasteiger partial charge in [-0.1, -0.05) is 0 Å². The number of rotatable bonds is 4. The fraction of sp³-hybridized carbons (Fsp3) is 0.538. The van der Waals surface area contributed by atoms with Crippen molar-refractivity contribution in [2.24, 2.45) is 0 Å². The van der Waals surface area contributed by atoms with E-state index >= 15 is 0 Å². The third-order valence-electron chi connectivity index (χ3n) is 3.66. The second kappa shape index (κ2) is 4.85.